The van der Waals surface area contributed by atoms with Crippen LogP contribution in [0.15, 0.2) is 10.7 Å². The van der Waals surface area contributed by atoms with E-state index >= 15 is 0 Å². The van der Waals surface area contributed by atoms with E-state index < -0.39 is 0 Å². The molecular weight excluding hydrogens is 270 g/mol. The number of aromatic nitrogens is 1. The van der Waals surface area contributed by atoms with Crippen LogP contribution < -0.4 is 0 Å². The minimum absolute atomic E-state index is 0.0260. The van der Waals surface area contributed by atoms with Crippen LogP contribution in [0.2, 0.25) is 0 Å². The number of fused-ring (bicyclic) bond motifs is 1. The predicted molar refractivity (Wildman–Crippen MR) is 73.5 cm³/mol. The molecule has 2 unspecified atom stereocenters. The first-order valence-corrected chi connectivity index (χ1v) is 7.67. The van der Waals surface area contributed by atoms with Gasteiger partial charge in [-0.2, -0.15) is 0 Å². The van der Waals surface area contributed by atoms with Gasteiger partial charge in [-0.15, -0.1) is 0 Å². The Hall–Kier alpha value is -1.85. The summed E-state index contributed by atoms with van der Waals surface area (Å²) >= 11 is 0. The fraction of sp³-hybridized carbons (Fsp3) is 0.667. The highest BCUT2D eigenvalue weighted by molar-refractivity contribution is 5.96. The number of carbonyl (C=O) groups excluding carboxylic acids is 2. The molecule has 3 heterocycles. The summed E-state index contributed by atoms with van der Waals surface area (Å²) in [6.45, 7) is 3.34. The van der Waals surface area contributed by atoms with Gasteiger partial charge in [-0.3, -0.25) is 9.59 Å². The SMILES string of the molecule is Cc1oncc1C(=O)N1CCC2C1CC(=O)N2CC1CC1. The third-order valence-corrected chi connectivity index (χ3v) is 5.01. The van der Waals surface area contributed by atoms with Crippen LogP contribution in [0.3, 0.4) is 0 Å². The van der Waals surface area contributed by atoms with Crippen molar-refractivity contribution in [3.63, 3.8) is 0 Å². The van der Waals surface area contributed by atoms with Gasteiger partial charge in [0.15, 0.2) is 0 Å². The van der Waals surface area contributed by atoms with Crippen molar-refractivity contribution in [2.75, 3.05) is 13.1 Å². The maximum atomic E-state index is 12.6. The smallest absolute Gasteiger partial charge is 0.259 e. The van der Waals surface area contributed by atoms with Crippen molar-refractivity contribution in [3.8, 4) is 0 Å². The lowest BCUT2D eigenvalue weighted by molar-refractivity contribution is -0.129. The van der Waals surface area contributed by atoms with Crippen LogP contribution in [0.5, 0.6) is 0 Å². The molecule has 0 N–H and O–H groups in total. The average molecular weight is 289 g/mol. The Balaban J connectivity index is 1.53. The van der Waals surface area contributed by atoms with Gasteiger partial charge >= 0.3 is 0 Å². The Kier molecular flexibility index (Phi) is 2.80. The Morgan fingerprint density at radius 2 is 2.19 bits per heavy atom. The first-order valence-electron chi connectivity index (χ1n) is 7.67. The predicted octanol–water partition coefficient (Wildman–Crippen LogP) is 1.21. The fourth-order valence-corrected chi connectivity index (χ4v) is 3.65. The molecule has 112 valence electrons. The lowest BCUT2D eigenvalue weighted by atomic mass is 10.1. The zero-order valence-corrected chi connectivity index (χ0v) is 12.1. The quantitative estimate of drug-likeness (QED) is 0.839. The summed E-state index contributed by atoms with van der Waals surface area (Å²) in [5.74, 6) is 1.39. The van der Waals surface area contributed by atoms with Gasteiger partial charge in [0, 0.05) is 19.5 Å². The molecule has 21 heavy (non-hydrogen) atoms. The molecule has 1 aliphatic carbocycles. The van der Waals surface area contributed by atoms with E-state index in [9.17, 15) is 9.59 Å². The molecule has 3 aliphatic rings. The summed E-state index contributed by atoms with van der Waals surface area (Å²) in [5, 5.41) is 3.68. The van der Waals surface area contributed by atoms with Gasteiger partial charge in [-0.05, 0) is 32.1 Å². The normalized spacial score (nSPS) is 28.3. The van der Waals surface area contributed by atoms with Gasteiger partial charge in [-0.1, -0.05) is 5.16 Å². The van der Waals surface area contributed by atoms with Gasteiger partial charge in [-0.25, -0.2) is 0 Å². The Labute approximate surface area is 123 Å². The highest BCUT2D eigenvalue weighted by Gasteiger charge is 2.49. The van der Waals surface area contributed by atoms with Gasteiger partial charge in [0.25, 0.3) is 5.91 Å². The molecule has 1 saturated carbocycles. The summed E-state index contributed by atoms with van der Waals surface area (Å²) in [4.78, 5) is 28.7. The molecular formula is C15H19N3O3. The lowest BCUT2D eigenvalue weighted by Crippen LogP contribution is -2.40. The summed E-state index contributed by atoms with van der Waals surface area (Å²) in [5.41, 5.74) is 0.517. The molecule has 0 radical (unpaired) electrons. The summed E-state index contributed by atoms with van der Waals surface area (Å²) in [6.07, 6.45) is 5.31. The monoisotopic (exact) mass is 289 g/mol. The molecule has 3 fully saturated rings. The number of nitrogens with zero attached hydrogens (tertiary/aromatic N) is 3. The van der Waals surface area contributed by atoms with Crippen LogP contribution in [0, 0.1) is 12.8 Å². The number of hydrogen-bond donors (Lipinski definition) is 0. The van der Waals surface area contributed by atoms with Crippen molar-refractivity contribution < 1.29 is 14.1 Å². The van der Waals surface area contributed by atoms with E-state index in [2.05, 4.69) is 5.16 Å². The van der Waals surface area contributed by atoms with Gasteiger partial charge in [0.05, 0.1) is 18.3 Å². The third kappa shape index (κ3) is 2.04. The number of amides is 2. The zero-order chi connectivity index (χ0) is 14.6. The fourth-order valence-electron chi connectivity index (χ4n) is 3.65. The van der Waals surface area contributed by atoms with E-state index in [1.165, 1.54) is 19.0 Å². The molecule has 6 heteroatoms. The van der Waals surface area contributed by atoms with Crippen molar-refractivity contribution in [2.45, 2.75) is 44.7 Å². The standard InChI is InChI=1S/C15H19N3O3/c1-9-11(7-16-21-9)15(20)17-5-4-12-13(17)6-14(19)18(12)8-10-2-3-10/h7,10,12-13H,2-6,8H2,1H3. The molecule has 2 amide bonds. The molecule has 1 aromatic heterocycles. The number of aryl methyl sites for hydroxylation is 1. The van der Waals surface area contributed by atoms with E-state index in [0.717, 1.165) is 13.0 Å². The van der Waals surface area contributed by atoms with Crippen LogP contribution in [0.25, 0.3) is 0 Å². The minimum atomic E-state index is -0.0534. The highest BCUT2D eigenvalue weighted by Crippen LogP contribution is 2.38. The second-order valence-corrected chi connectivity index (χ2v) is 6.41. The molecule has 0 spiro atoms. The van der Waals surface area contributed by atoms with Crippen LogP contribution in [0.1, 0.15) is 41.8 Å². The summed E-state index contributed by atoms with van der Waals surface area (Å²) < 4.78 is 4.98. The number of likely N-dealkylation sites (tertiary alicyclic amines) is 2. The molecule has 1 aromatic rings. The van der Waals surface area contributed by atoms with E-state index in [1.807, 2.05) is 9.80 Å². The minimum Gasteiger partial charge on any atom is -0.361 e. The molecule has 2 aliphatic heterocycles. The maximum absolute atomic E-state index is 12.6. The molecule has 2 saturated heterocycles. The average Bonchev–Trinajstić information content (AvgIpc) is 2.90. The third-order valence-electron chi connectivity index (χ3n) is 5.01. The van der Waals surface area contributed by atoms with Crippen LogP contribution in [-0.2, 0) is 4.79 Å². The molecule has 0 aromatic carbocycles. The van der Waals surface area contributed by atoms with Crippen LogP contribution in [0.4, 0.5) is 0 Å². The van der Waals surface area contributed by atoms with Crippen molar-refractivity contribution in [1.82, 2.24) is 15.0 Å². The summed E-state index contributed by atoms with van der Waals surface area (Å²) in [6, 6.07) is 0.236. The van der Waals surface area contributed by atoms with Crippen molar-refractivity contribution in [2.24, 2.45) is 5.92 Å². The lowest BCUT2D eigenvalue weighted by Gasteiger charge is -2.25. The van der Waals surface area contributed by atoms with Gasteiger partial charge in [0.2, 0.25) is 5.91 Å². The Morgan fingerprint density at radius 1 is 1.38 bits per heavy atom. The van der Waals surface area contributed by atoms with Gasteiger partial charge in [0.1, 0.15) is 11.3 Å². The van der Waals surface area contributed by atoms with E-state index in [-0.39, 0.29) is 23.9 Å². The number of carbonyl (C=O) groups is 2. The summed E-state index contributed by atoms with van der Waals surface area (Å²) in [7, 11) is 0. The number of hydrogen-bond acceptors (Lipinski definition) is 4. The van der Waals surface area contributed by atoms with E-state index in [4.69, 9.17) is 4.52 Å². The van der Waals surface area contributed by atoms with Crippen molar-refractivity contribution in [1.29, 1.82) is 0 Å². The molecule has 0 bridgehead atoms. The largest absolute Gasteiger partial charge is 0.361 e. The zero-order valence-electron chi connectivity index (χ0n) is 12.1. The second kappa shape index (κ2) is 4.58. The van der Waals surface area contributed by atoms with Crippen LogP contribution in [-0.4, -0.2) is 51.9 Å². The Bertz CT molecular complexity index is 593. The highest BCUT2D eigenvalue weighted by atomic mass is 16.5. The maximum Gasteiger partial charge on any atom is 0.259 e. The number of rotatable bonds is 3. The first kappa shape index (κ1) is 12.9. The van der Waals surface area contributed by atoms with E-state index in [1.54, 1.807) is 6.92 Å². The first-order chi connectivity index (χ1) is 10.1. The molecule has 6 nitrogen and oxygen atoms in total. The topological polar surface area (TPSA) is 66.7 Å². The van der Waals surface area contributed by atoms with Crippen molar-refractivity contribution in [3.05, 3.63) is 17.5 Å². The molecule has 2 atom stereocenters. The molecule has 4 rings (SSSR count). The van der Waals surface area contributed by atoms with E-state index in [0.29, 0.717) is 30.2 Å². The van der Waals surface area contributed by atoms with Crippen molar-refractivity contribution >= 4 is 11.8 Å². The van der Waals surface area contributed by atoms with Crippen LogP contribution >= 0.6 is 0 Å². The Morgan fingerprint density at radius 3 is 2.86 bits per heavy atom. The van der Waals surface area contributed by atoms with Gasteiger partial charge < -0.3 is 14.3 Å². The second-order valence-electron chi connectivity index (χ2n) is 6.41.